The normalized spacial score (nSPS) is 11.3. The van der Waals surface area contributed by atoms with E-state index in [1.165, 1.54) is 0 Å². The molecule has 4 heteroatoms. The van der Waals surface area contributed by atoms with Crippen molar-refractivity contribution in [2.24, 2.45) is 4.99 Å². The molecule has 2 aromatic carbocycles. The molecule has 0 aliphatic heterocycles. The number of hydrogen-bond acceptors (Lipinski definition) is 4. The highest BCUT2D eigenvalue weighted by atomic mass is 32.1. The number of para-hydroxylation sites is 1. The predicted octanol–water partition coefficient (Wildman–Crippen LogP) is 3.75. The summed E-state index contributed by atoms with van der Waals surface area (Å²) >= 11 is 1.55. The second-order valence-corrected chi connectivity index (χ2v) is 4.83. The minimum absolute atomic E-state index is 0.239. The van der Waals surface area contributed by atoms with Crippen LogP contribution in [0, 0.1) is 0 Å². The van der Waals surface area contributed by atoms with Crippen LogP contribution >= 0.6 is 11.3 Å². The lowest BCUT2D eigenvalue weighted by Crippen LogP contribution is -1.78. The van der Waals surface area contributed by atoms with Crippen LogP contribution in [0.4, 0.5) is 5.13 Å². The summed E-state index contributed by atoms with van der Waals surface area (Å²) in [5, 5.41) is 10.1. The number of phenols is 1. The van der Waals surface area contributed by atoms with Crippen molar-refractivity contribution < 1.29 is 5.11 Å². The highest BCUT2D eigenvalue weighted by molar-refractivity contribution is 7.22. The zero-order valence-electron chi connectivity index (χ0n) is 9.45. The molecule has 0 fully saturated rings. The van der Waals surface area contributed by atoms with Crippen LogP contribution in [0.25, 0.3) is 10.2 Å². The largest absolute Gasteiger partial charge is 0.508 e. The molecule has 0 saturated heterocycles. The summed E-state index contributed by atoms with van der Waals surface area (Å²) in [5.41, 5.74) is 1.82. The van der Waals surface area contributed by atoms with E-state index in [1.54, 1.807) is 35.8 Å². The first kappa shape index (κ1) is 10.9. The number of phenolic OH excluding ortho intramolecular Hbond substituents is 1. The van der Waals surface area contributed by atoms with Crippen molar-refractivity contribution in [1.29, 1.82) is 0 Å². The Bertz CT molecular complexity index is 685. The Balaban J connectivity index is 1.92. The van der Waals surface area contributed by atoms with E-state index >= 15 is 0 Å². The lowest BCUT2D eigenvalue weighted by molar-refractivity contribution is 0.475. The van der Waals surface area contributed by atoms with Gasteiger partial charge in [-0.25, -0.2) is 9.98 Å². The van der Waals surface area contributed by atoms with Gasteiger partial charge in [-0.15, -0.1) is 0 Å². The zero-order chi connectivity index (χ0) is 12.4. The number of thiazole rings is 1. The Morgan fingerprint density at radius 2 is 2.00 bits per heavy atom. The Hall–Kier alpha value is -2.20. The maximum Gasteiger partial charge on any atom is 0.210 e. The van der Waals surface area contributed by atoms with Crippen molar-refractivity contribution in [2.75, 3.05) is 0 Å². The molecule has 0 aliphatic carbocycles. The maximum absolute atomic E-state index is 9.35. The molecule has 0 radical (unpaired) electrons. The van der Waals surface area contributed by atoms with Crippen LogP contribution in [-0.2, 0) is 0 Å². The molecule has 1 heterocycles. The Morgan fingerprint density at radius 1 is 1.11 bits per heavy atom. The van der Waals surface area contributed by atoms with Crippen molar-refractivity contribution in [3.05, 3.63) is 54.1 Å². The molecule has 0 saturated carbocycles. The van der Waals surface area contributed by atoms with Crippen LogP contribution < -0.4 is 0 Å². The SMILES string of the molecule is Oc1cccc(C=Nc2nc3ccccc3s2)c1. The van der Waals surface area contributed by atoms with E-state index in [-0.39, 0.29) is 5.75 Å². The van der Waals surface area contributed by atoms with Gasteiger partial charge in [0.05, 0.1) is 10.2 Å². The summed E-state index contributed by atoms with van der Waals surface area (Å²) in [4.78, 5) is 8.73. The molecule has 0 spiro atoms. The molecule has 0 atom stereocenters. The Kier molecular flexibility index (Phi) is 2.78. The number of fused-ring (bicyclic) bond motifs is 1. The third-order valence-corrected chi connectivity index (χ3v) is 3.42. The molecular formula is C14H10N2OS. The van der Waals surface area contributed by atoms with Gasteiger partial charge in [0.2, 0.25) is 5.13 Å². The van der Waals surface area contributed by atoms with Crippen molar-refractivity contribution in [3.8, 4) is 5.75 Å². The summed E-state index contributed by atoms with van der Waals surface area (Å²) in [6.07, 6.45) is 1.71. The fourth-order valence-corrected chi connectivity index (χ4v) is 2.46. The van der Waals surface area contributed by atoms with Crippen LogP contribution in [0.1, 0.15) is 5.56 Å². The summed E-state index contributed by atoms with van der Waals surface area (Å²) < 4.78 is 1.13. The van der Waals surface area contributed by atoms with Gasteiger partial charge in [0.1, 0.15) is 5.75 Å². The Labute approximate surface area is 108 Å². The summed E-state index contributed by atoms with van der Waals surface area (Å²) in [6, 6.07) is 14.9. The van der Waals surface area contributed by atoms with E-state index in [2.05, 4.69) is 9.98 Å². The smallest absolute Gasteiger partial charge is 0.210 e. The molecule has 0 bridgehead atoms. The number of hydrogen-bond donors (Lipinski definition) is 1. The summed E-state index contributed by atoms with van der Waals surface area (Å²) in [6.45, 7) is 0. The van der Waals surface area contributed by atoms with E-state index in [0.717, 1.165) is 20.9 Å². The third kappa shape index (κ3) is 2.24. The fraction of sp³-hybridized carbons (Fsp3) is 0. The highest BCUT2D eigenvalue weighted by Crippen LogP contribution is 2.27. The van der Waals surface area contributed by atoms with Gasteiger partial charge < -0.3 is 5.11 Å². The molecule has 0 aliphatic rings. The maximum atomic E-state index is 9.35. The lowest BCUT2D eigenvalue weighted by atomic mass is 10.2. The minimum Gasteiger partial charge on any atom is -0.508 e. The van der Waals surface area contributed by atoms with E-state index in [4.69, 9.17) is 0 Å². The number of nitrogens with zero attached hydrogens (tertiary/aromatic N) is 2. The van der Waals surface area contributed by atoms with Crippen LogP contribution in [0.3, 0.4) is 0 Å². The molecule has 0 unspecified atom stereocenters. The summed E-state index contributed by atoms with van der Waals surface area (Å²) in [5.74, 6) is 0.239. The van der Waals surface area contributed by atoms with E-state index < -0.39 is 0 Å². The predicted molar refractivity (Wildman–Crippen MR) is 75.0 cm³/mol. The number of benzene rings is 2. The first-order valence-corrected chi connectivity index (χ1v) is 6.31. The van der Waals surface area contributed by atoms with Crippen LogP contribution in [0.15, 0.2) is 53.5 Å². The van der Waals surface area contributed by atoms with Crippen LogP contribution in [0.2, 0.25) is 0 Å². The van der Waals surface area contributed by atoms with Crippen molar-refractivity contribution >= 4 is 32.9 Å². The number of aliphatic imine (C=N–C) groups is 1. The first-order chi connectivity index (χ1) is 8.81. The van der Waals surface area contributed by atoms with E-state index in [0.29, 0.717) is 0 Å². The molecule has 1 aromatic heterocycles. The van der Waals surface area contributed by atoms with Crippen molar-refractivity contribution in [3.63, 3.8) is 0 Å². The number of aromatic nitrogens is 1. The highest BCUT2D eigenvalue weighted by Gasteiger charge is 2.00. The minimum atomic E-state index is 0.239. The number of rotatable bonds is 2. The van der Waals surface area contributed by atoms with Crippen LogP contribution in [-0.4, -0.2) is 16.3 Å². The van der Waals surface area contributed by atoms with E-state index in [9.17, 15) is 5.11 Å². The first-order valence-electron chi connectivity index (χ1n) is 5.50. The fourth-order valence-electron chi connectivity index (χ4n) is 1.65. The van der Waals surface area contributed by atoms with Gasteiger partial charge in [0, 0.05) is 6.21 Å². The van der Waals surface area contributed by atoms with Gasteiger partial charge in [-0.3, -0.25) is 0 Å². The van der Waals surface area contributed by atoms with E-state index in [1.807, 2.05) is 30.3 Å². The third-order valence-electron chi connectivity index (χ3n) is 2.48. The Morgan fingerprint density at radius 3 is 2.83 bits per heavy atom. The van der Waals surface area contributed by atoms with Gasteiger partial charge in [-0.05, 0) is 29.8 Å². The average Bonchev–Trinajstić information content (AvgIpc) is 2.79. The monoisotopic (exact) mass is 254 g/mol. The topological polar surface area (TPSA) is 45.5 Å². The van der Waals surface area contributed by atoms with Gasteiger partial charge in [0.15, 0.2) is 0 Å². The lowest BCUT2D eigenvalue weighted by Gasteiger charge is -1.92. The number of aromatic hydroxyl groups is 1. The zero-order valence-corrected chi connectivity index (χ0v) is 10.3. The molecule has 0 amide bonds. The molecule has 3 rings (SSSR count). The molecule has 1 N–H and O–H groups in total. The quantitative estimate of drug-likeness (QED) is 0.708. The van der Waals surface area contributed by atoms with Crippen molar-refractivity contribution in [1.82, 2.24) is 4.98 Å². The average molecular weight is 254 g/mol. The van der Waals surface area contributed by atoms with Gasteiger partial charge in [-0.2, -0.15) is 0 Å². The molecule has 18 heavy (non-hydrogen) atoms. The molecule has 88 valence electrons. The van der Waals surface area contributed by atoms with Gasteiger partial charge >= 0.3 is 0 Å². The van der Waals surface area contributed by atoms with Crippen molar-refractivity contribution in [2.45, 2.75) is 0 Å². The summed E-state index contributed by atoms with van der Waals surface area (Å²) in [7, 11) is 0. The molecule has 3 aromatic rings. The molecule has 3 nitrogen and oxygen atoms in total. The molecular weight excluding hydrogens is 244 g/mol. The second-order valence-electron chi connectivity index (χ2n) is 3.82. The standard InChI is InChI=1S/C14H10N2OS/c17-11-5-3-4-10(8-11)9-15-14-16-12-6-1-2-7-13(12)18-14/h1-9,17H. The van der Waals surface area contributed by atoms with Gasteiger partial charge in [0.25, 0.3) is 0 Å². The van der Waals surface area contributed by atoms with Gasteiger partial charge in [-0.1, -0.05) is 35.6 Å². The van der Waals surface area contributed by atoms with Crippen LogP contribution in [0.5, 0.6) is 5.75 Å². The second kappa shape index (κ2) is 4.58.